The molecule has 19 heteroatoms. The van der Waals surface area contributed by atoms with Crippen LogP contribution in [-0.4, -0.2) is 84.6 Å². The summed E-state index contributed by atoms with van der Waals surface area (Å²) in [5, 5.41) is 2.16. The number of terminal acetylenes is 3. The predicted octanol–water partition coefficient (Wildman–Crippen LogP) is 7.98. The third-order valence-corrected chi connectivity index (χ3v) is 21.0. The highest BCUT2D eigenvalue weighted by atomic mass is 28.4. The smallest absolute Gasteiger partial charge is 0.306 e. The van der Waals surface area contributed by atoms with Gasteiger partial charge in [-0.2, -0.15) is 4.98 Å². The van der Waals surface area contributed by atoms with E-state index in [1.165, 1.54) is 30.0 Å². The number of ether oxygens (including phenoxy) is 8. The van der Waals surface area contributed by atoms with E-state index >= 15 is 4.79 Å². The first kappa shape index (κ1) is 99.5. The van der Waals surface area contributed by atoms with Crippen molar-refractivity contribution in [3.8, 4) is 422 Å². The summed E-state index contributed by atoms with van der Waals surface area (Å²) in [5.41, 5.74) is -0.857. The highest BCUT2D eigenvalue weighted by Crippen LogP contribution is 2.47. The van der Waals surface area contributed by atoms with Crippen molar-refractivity contribution >= 4 is 43.1 Å². The number of nitrogens with zero attached hydrogens (tertiary/aromatic N) is 3. The Morgan fingerprint density at radius 1 is 0.463 bits per heavy atom. The fraction of sp³-hybridized carbons (Fsp3) is 0.148. The van der Waals surface area contributed by atoms with Crippen LogP contribution in [0.5, 0.6) is 28.7 Å². The Labute approximate surface area is 780 Å². The predicted molar refractivity (Wildman–Crippen MR) is 508 cm³/mol. The minimum absolute atomic E-state index is 0.133. The molecule has 18 nitrogen and oxygen atoms in total. The fourth-order valence-corrected chi connectivity index (χ4v) is 11.2. The number of ketones is 1. The zero-order valence-corrected chi connectivity index (χ0v) is 73.0. The van der Waals surface area contributed by atoms with E-state index in [0.717, 1.165) is 0 Å². The molecule has 0 bridgehead atoms. The van der Waals surface area contributed by atoms with Crippen LogP contribution >= 0.6 is 0 Å². The lowest BCUT2D eigenvalue weighted by atomic mass is 9.80. The van der Waals surface area contributed by atoms with E-state index in [1.54, 1.807) is 14.2 Å². The molecule has 1 aliphatic rings. The second-order valence-electron chi connectivity index (χ2n) is 26.0. The summed E-state index contributed by atoms with van der Waals surface area (Å²) < 4.78 is 58.8. The Bertz CT molecular complexity index is 7850. The number of aromatic amines is 1. The summed E-state index contributed by atoms with van der Waals surface area (Å²) in [6.07, 6.45) is 18.2. The highest BCUT2D eigenvalue weighted by molar-refractivity contribution is 6.74. The van der Waals surface area contributed by atoms with Gasteiger partial charge in [0.1, 0.15) is 53.4 Å². The fourth-order valence-electron chi connectivity index (χ4n) is 9.95. The SMILES string of the molecule is C#CC#CC#CC#CC#CC#CC#CC#CC#CC#CC#COc1cc(C(=O)Nc2nc3c(ncn3[C@@H]3O[C@H](COC(c4ccccc4)(c4ccc(OC)cc4)c4ccc(OC)cc4)C(OC(=O)CCC(C)=O)[C@@H]3O[Si](C)(C)C(C)(C)C)c(=O)[nH]2)cc(OC#CC#CC#CC#CC#CC#CC#CC#CC#CC#CC#C)c1OC#CC#CC#CC#CC#CC#CC#CC#CC#CC#CC#C. The molecule has 1 unspecified atom stereocenters. The van der Waals surface area contributed by atoms with E-state index in [1.807, 2.05) is 113 Å². The number of carbonyl (C=O) groups is 3. The van der Waals surface area contributed by atoms with Crippen molar-refractivity contribution in [2.45, 2.75) is 88.8 Å². The van der Waals surface area contributed by atoms with Gasteiger partial charge in [-0.15, -0.1) is 19.3 Å². The molecule has 3 heterocycles. The minimum atomic E-state index is -2.99. The van der Waals surface area contributed by atoms with Crippen molar-refractivity contribution in [3.05, 3.63) is 130 Å². The van der Waals surface area contributed by atoms with Gasteiger partial charge in [0.2, 0.25) is 11.7 Å². The van der Waals surface area contributed by atoms with Crippen LogP contribution in [0.1, 0.15) is 73.8 Å². The van der Waals surface area contributed by atoms with Crippen molar-refractivity contribution in [2.75, 3.05) is 26.1 Å². The summed E-state index contributed by atoms with van der Waals surface area (Å²) in [5.74, 6) is 145. The lowest BCUT2D eigenvalue weighted by molar-refractivity contribution is -0.159. The molecule has 0 aliphatic carbocycles. The van der Waals surface area contributed by atoms with Gasteiger partial charge in [-0.05, 0) is 220 Å². The molecular formula is C115H55N5O13Si. The lowest BCUT2D eigenvalue weighted by Crippen LogP contribution is -2.50. The molecule has 4 aromatic carbocycles. The number of H-pyrrole nitrogens is 1. The first-order valence-corrected chi connectivity index (χ1v) is 41.1. The number of rotatable bonds is 20. The number of aromatic nitrogens is 4. The summed E-state index contributed by atoms with van der Waals surface area (Å²) in [7, 11) is 0.126. The number of carbonyl (C=O) groups excluding carboxylic acids is 3. The van der Waals surface area contributed by atoms with Gasteiger partial charge in [-0.3, -0.25) is 29.3 Å². The van der Waals surface area contributed by atoms with Gasteiger partial charge in [0.05, 0.1) is 33.6 Å². The van der Waals surface area contributed by atoms with Gasteiger partial charge >= 0.3 is 5.97 Å². The number of esters is 1. The van der Waals surface area contributed by atoms with Crippen molar-refractivity contribution < 1.29 is 56.7 Å². The molecule has 0 spiro atoms. The quantitative estimate of drug-likeness (QED) is 0.0321. The third kappa shape index (κ3) is 34.6. The molecule has 1 saturated heterocycles. The molecule has 0 saturated carbocycles. The van der Waals surface area contributed by atoms with Gasteiger partial charge in [0.15, 0.2) is 43.3 Å². The zero-order valence-electron chi connectivity index (χ0n) is 72.0. The summed E-state index contributed by atoms with van der Waals surface area (Å²) in [4.78, 5) is 68.2. The van der Waals surface area contributed by atoms with Gasteiger partial charge in [0, 0.05) is 225 Å². The van der Waals surface area contributed by atoms with Crippen LogP contribution in [0.3, 0.4) is 0 Å². The molecular weight excluding hydrogens is 1690 g/mol. The number of anilines is 1. The van der Waals surface area contributed by atoms with E-state index in [9.17, 15) is 14.4 Å². The zero-order chi connectivity index (χ0) is 95.8. The van der Waals surface area contributed by atoms with E-state index in [2.05, 4.69) is 389 Å². The molecule has 1 amide bonds. The standard InChI is InChI=1S/C115H55N5O13Si/c1-12-15-18-21-24-27-30-33-36-39-42-45-48-51-54-57-60-63-66-72-87-127-101-90-95(91-102(128-88-73-67-64-61-58-55-52-49-46-43-40-37-34-31-28-25-22-19-16-13-2)106(101)129-89-74-68-65-62-59-56-53-50-47-44-41-38-35-32-29-26-23-20-17-14-3)110(123)118-113-117-109-105(111(124)119-113)116-93-120(109)112-108(133-134(10,11)114(5,6)7)107(132-104(122)86-77-94(4)121)103(131-112)92-130-115(96-75-70-69-71-76-96,97-78-82-99(125-8)83-79-97)98-80-84-100(126-9)85-81-98/h1-3,69-71,75-76,78-85,90-91,93,103,107-108,112H,77,86,92H2,4-11H3,(H2,117,118,119,123,124)/t103-,107?,108+,112-/m1/s1. The number of hydrogen-bond acceptors (Lipinski definition) is 15. The maximum Gasteiger partial charge on any atom is 0.306 e. The molecule has 1 aliphatic heterocycles. The number of fused-ring (bicyclic) bond motifs is 1. The van der Waals surface area contributed by atoms with Gasteiger partial charge in [0.25, 0.3) is 11.5 Å². The van der Waals surface area contributed by atoms with Gasteiger partial charge in [-0.1, -0.05) is 75.4 Å². The molecule has 2 aromatic heterocycles. The topological polar surface area (TPSA) is 210 Å². The average molecular weight is 1740 g/mol. The molecule has 4 atom stereocenters. The number of amides is 1. The average Bonchev–Trinajstić information content (AvgIpc) is 1.52. The van der Waals surface area contributed by atoms with E-state index < -0.39 is 66.9 Å². The normalized spacial score (nSPS) is 10.9. The van der Waals surface area contributed by atoms with E-state index in [4.69, 9.17) is 66.6 Å². The minimum Gasteiger partial charge on any atom is -0.497 e. The van der Waals surface area contributed by atoms with Crippen LogP contribution in [-0.2, 0) is 33.8 Å². The Morgan fingerprint density at radius 2 is 0.806 bits per heavy atom. The number of benzene rings is 4. The number of methoxy groups -OCH3 is 2. The Balaban J connectivity index is 1.32. The summed E-state index contributed by atoms with van der Waals surface area (Å²) in [6, 6.07) is 26.6. The lowest BCUT2D eigenvalue weighted by Gasteiger charge is -2.40. The number of nitrogens with one attached hydrogen (secondary N) is 2. The van der Waals surface area contributed by atoms with E-state index in [0.29, 0.717) is 28.2 Å². The van der Waals surface area contributed by atoms with Crippen molar-refractivity contribution in [3.63, 3.8) is 0 Å². The van der Waals surface area contributed by atoms with Crippen molar-refractivity contribution in [1.82, 2.24) is 19.5 Å². The Kier molecular flexibility index (Phi) is 42.3. The maximum absolute atomic E-state index is 15.0. The van der Waals surface area contributed by atoms with Crippen LogP contribution in [0.25, 0.3) is 11.2 Å². The van der Waals surface area contributed by atoms with Crippen molar-refractivity contribution in [2.24, 2.45) is 0 Å². The maximum atomic E-state index is 15.0. The summed E-state index contributed by atoms with van der Waals surface area (Å²) in [6.45, 7) is 11.1. The molecule has 0 radical (unpaired) electrons. The van der Waals surface area contributed by atoms with Crippen molar-refractivity contribution in [1.29, 1.82) is 0 Å². The van der Waals surface area contributed by atoms with Crippen LogP contribution in [0.15, 0.2) is 102 Å². The monoisotopic (exact) mass is 1740 g/mol. The summed E-state index contributed by atoms with van der Waals surface area (Å²) >= 11 is 0. The largest absolute Gasteiger partial charge is 0.497 e. The molecule has 1 fully saturated rings. The second-order valence-corrected chi connectivity index (χ2v) is 30.8. The van der Waals surface area contributed by atoms with Gasteiger partial charge < -0.3 is 47.1 Å². The second kappa shape index (κ2) is 57.0. The molecule has 7 rings (SSSR count). The molecule has 134 heavy (non-hydrogen) atoms. The molecule has 622 valence electrons. The van der Waals surface area contributed by atoms with Crippen LogP contribution in [0.4, 0.5) is 5.95 Å². The van der Waals surface area contributed by atoms with Crippen LogP contribution in [0, 0.1) is 393 Å². The molecule has 2 N–H and O–H groups in total. The molecule has 6 aromatic rings. The van der Waals surface area contributed by atoms with Gasteiger partial charge in [-0.25, -0.2) is 4.98 Å². The number of hydrogen-bond donors (Lipinski definition) is 2. The number of Topliss-reactive ketones (excluding diaryl/α,β-unsaturated/α-hetero) is 1. The highest BCUT2D eigenvalue weighted by Gasteiger charge is 2.54. The Morgan fingerprint density at radius 3 is 1.15 bits per heavy atom. The first-order chi connectivity index (χ1) is 65.4. The number of imidazole rings is 1. The van der Waals surface area contributed by atoms with Crippen LogP contribution < -0.4 is 34.6 Å². The first-order valence-electron chi connectivity index (χ1n) is 38.2. The third-order valence-electron chi connectivity index (χ3n) is 16.5. The van der Waals surface area contributed by atoms with E-state index in [-0.39, 0.29) is 59.2 Å². The van der Waals surface area contributed by atoms with Crippen LogP contribution in [0.2, 0.25) is 18.1 Å². The Hall–Kier alpha value is -21.6.